The first kappa shape index (κ1) is 25.5. The van der Waals surface area contributed by atoms with Crippen molar-refractivity contribution in [3.05, 3.63) is 35.6 Å². The van der Waals surface area contributed by atoms with Gasteiger partial charge in [-0.3, -0.25) is 0 Å². The molecule has 0 spiro atoms. The molecule has 0 unspecified atom stereocenters. The summed E-state index contributed by atoms with van der Waals surface area (Å²) in [5.41, 5.74) is 1.26. The van der Waals surface area contributed by atoms with Gasteiger partial charge in [0.15, 0.2) is 0 Å². The van der Waals surface area contributed by atoms with Crippen molar-refractivity contribution in [2.75, 3.05) is 18.1 Å². The lowest BCUT2D eigenvalue weighted by Gasteiger charge is -2.07. The zero-order valence-electron chi connectivity index (χ0n) is 18.4. The Bertz CT molecular complexity index is 446. The number of thioether (sulfide) groups is 1. The lowest BCUT2D eigenvalue weighted by atomic mass is 10.0. The Kier molecular flexibility index (Phi) is 16.8. The monoisotopic (exact) mass is 410 g/mol. The van der Waals surface area contributed by atoms with Gasteiger partial charge in [0.2, 0.25) is 0 Å². The fourth-order valence-electron chi connectivity index (χ4n) is 3.40. The second-order valence-electron chi connectivity index (χ2n) is 8.15. The Balaban J connectivity index is 1.71. The van der Waals surface area contributed by atoms with E-state index in [0.29, 0.717) is 6.10 Å². The summed E-state index contributed by atoms with van der Waals surface area (Å²) >= 11 is 2.04. The molecule has 0 saturated heterocycles. The zero-order valence-corrected chi connectivity index (χ0v) is 19.2. The van der Waals surface area contributed by atoms with Crippen LogP contribution in [-0.2, 0) is 11.2 Å². The van der Waals surface area contributed by atoms with Gasteiger partial charge in [-0.2, -0.15) is 11.8 Å². The summed E-state index contributed by atoms with van der Waals surface area (Å²) < 4.78 is 18.4. The van der Waals surface area contributed by atoms with Crippen LogP contribution in [0.5, 0.6) is 0 Å². The predicted octanol–water partition coefficient (Wildman–Crippen LogP) is 8.21. The smallest absolute Gasteiger partial charge is 0.123 e. The van der Waals surface area contributed by atoms with Crippen LogP contribution in [0.15, 0.2) is 24.3 Å². The summed E-state index contributed by atoms with van der Waals surface area (Å²) in [6, 6.07) is 6.96. The van der Waals surface area contributed by atoms with E-state index in [-0.39, 0.29) is 5.82 Å². The number of benzene rings is 1. The summed E-state index contributed by atoms with van der Waals surface area (Å²) in [5.74, 6) is 2.30. The molecule has 1 aromatic rings. The Hall–Kier alpha value is -0.540. The lowest BCUT2D eigenvalue weighted by Crippen LogP contribution is -2.05. The van der Waals surface area contributed by atoms with Gasteiger partial charge in [0.1, 0.15) is 5.82 Å². The summed E-state index contributed by atoms with van der Waals surface area (Å²) in [6.45, 7) is 5.10. The predicted molar refractivity (Wildman–Crippen MR) is 124 cm³/mol. The molecule has 0 amide bonds. The molecule has 0 N–H and O–H groups in total. The summed E-state index contributed by atoms with van der Waals surface area (Å²) in [7, 11) is 0. The Morgan fingerprint density at radius 3 is 1.75 bits per heavy atom. The van der Waals surface area contributed by atoms with Gasteiger partial charge >= 0.3 is 0 Å². The topological polar surface area (TPSA) is 9.23 Å². The molecule has 0 aliphatic carbocycles. The van der Waals surface area contributed by atoms with Crippen LogP contribution < -0.4 is 0 Å². The van der Waals surface area contributed by atoms with E-state index in [1.807, 2.05) is 23.9 Å². The van der Waals surface area contributed by atoms with Gasteiger partial charge in [-0.05, 0) is 56.6 Å². The summed E-state index contributed by atoms with van der Waals surface area (Å²) in [6.07, 6.45) is 17.9. The minimum absolute atomic E-state index is 0.134. The van der Waals surface area contributed by atoms with E-state index in [2.05, 4.69) is 13.8 Å². The quantitative estimate of drug-likeness (QED) is 0.212. The van der Waals surface area contributed by atoms with Gasteiger partial charge in [0.05, 0.1) is 12.7 Å². The van der Waals surface area contributed by atoms with Crippen molar-refractivity contribution in [2.24, 2.45) is 0 Å². The first-order valence-corrected chi connectivity index (χ1v) is 12.8. The van der Waals surface area contributed by atoms with Crippen LogP contribution >= 0.6 is 11.8 Å². The SMILES string of the molecule is CC(C)OCCSCCCCCCCCCCCCCCc1ccc(F)cc1. The average Bonchev–Trinajstić information content (AvgIpc) is 2.68. The van der Waals surface area contributed by atoms with Gasteiger partial charge in [-0.15, -0.1) is 0 Å². The number of halogens is 1. The molecule has 0 aliphatic heterocycles. The van der Waals surface area contributed by atoms with Crippen molar-refractivity contribution in [1.82, 2.24) is 0 Å². The van der Waals surface area contributed by atoms with E-state index in [1.54, 1.807) is 12.1 Å². The van der Waals surface area contributed by atoms with Gasteiger partial charge in [0.25, 0.3) is 0 Å². The van der Waals surface area contributed by atoms with Crippen molar-refractivity contribution in [1.29, 1.82) is 0 Å². The van der Waals surface area contributed by atoms with Crippen LogP contribution in [0.2, 0.25) is 0 Å². The Labute approximate surface area is 178 Å². The standard InChI is InChI=1S/C25H43FOS/c1-23(2)27-20-22-28-21-14-12-10-8-6-4-3-5-7-9-11-13-15-24-16-18-25(26)19-17-24/h16-19,23H,3-15,20-22H2,1-2H3. The third-order valence-electron chi connectivity index (χ3n) is 5.10. The number of aryl methyl sites for hydroxylation is 1. The first-order chi connectivity index (χ1) is 13.7. The molecule has 0 fully saturated rings. The molecule has 1 rings (SSSR count). The van der Waals surface area contributed by atoms with Crippen LogP contribution in [-0.4, -0.2) is 24.2 Å². The van der Waals surface area contributed by atoms with Crippen LogP contribution in [0.25, 0.3) is 0 Å². The average molecular weight is 411 g/mol. The van der Waals surface area contributed by atoms with E-state index < -0.39 is 0 Å². The highest BCUT2D eigenvalue weighted by Gasteiger charge is 1.97. The van der Waals surface area contributed by atoms with Crippen molar-refractivity contribution in [3.63, 3.8) is 0 Å². The molecule has 0 bridgehead atoms. The van der Waals surface area contributed by atoms with Crippen LogP contribution in [0.3, 0.4) is 0 Å². The van der Waals surface area contributed by atoms with Crippen LogP contribution in [0, 0.1) is 5.82 Å². The Morgan fingerprint density at radius 1 is 0.714 bits per heavy atom. The number of unbranched alkanes of at least 4 members (excludes halogenated alkanes) is 11. The number of hydrogen-bond acceptors (Lipinski definition) is 2. The van der Waals surface area contributed by atoms with Gasteiger partial charge in [-0.1, -0.05) is 76.3 Å². The molecule has 0 radical (unpaired) electrons. The number of rotatable bonds is 19. The third kappa shape index (κ3) is 16.4. The minimum atomic E-state index is -0.134. The first-order valence-electron chi connectivity index (χ1n) is 11.6. The number of ether oxygens (including phenoxy) is 1. The summed E-state index contributed by atoms with van der Waals surface area (Å²) in [5, 5.41) is 0. The zero-order chi connectivity index (χ0) is 20.3. The lowest BCUT2D eigenvalue weighted by molar-refractivity contribution is 0.0920. The molecular formula is C25H43FOS. The molecule has 0 aliphatic rings. The molecule has 3 heteroatoms. The summed E-state index contributed by atoms with van der Waals surface area (Å²) in [4.78, 5) is 0. The van der Waals surface area contributed by atoms with Gasteiger partial charge in [-0.25, -0.2) is 4.39 Å². The van der Waals surface area contributed by atoms with Crippen LogP contribution in [0.4, 0.5) is 4.39 Å². The highest BCUT2D eigenvalue weighted by atomic mass is 32.2. The maximum atomic E-state index is 12.8. The molecule has 0 saturated carbocycles. The van der Waals surface area contributed by atoms with Crippen molar-refractivity contribution >= 4 is 11.8 Å². The van der Waals surface area contributed by atoms with Gasteiger partial charge < -0.3 is 4.74 Å². The van der Waals surface area contributed by atoms with Gasteiger partial charge in [0, 0.05) is 5.75 Å². The second kappa shape index (κ2) is 18.5. The van der Waals surface area contributed by atoms with E-state index >= 15 is 0 Å². The molecule has 28 heavy (non-hydrogen) atoms. The molecule has 162 valence electrons. The molecule has 0 atom stereocenters. The normalized spacial score (nSPS) is 11.4. The highest BCUT2D eigenvalue weighted by Crippen LogP contribution is 2.14. The number of hydrogen-bond donors (Lipinski definition) is 0. The molecule has 0 aromatic heterocycles. The Morgan fingerprint density at radius 2 is 1.21 bits per heavy atom. The van der Waals surface area contributed by atoms with Crippen LogP contribution in [0.1, 0.15) is 96.5 Å². The fraction of sp³-hybridized carbons (Fsp3) is 0.760. The third-order valence-corrected chi connectivity index (χ3v) is 6.13. The minimum Gasteiger partial charge on any atom is -0.378 e. The van der Waals surface area contributed by atoms with Crippen molar-refractivity contribution < 1.29 is 9.13 Å². The van der Waals surface area contributed by atoms with E-state index in [4.69, 9.17) is 4.74 Å². The van der Waals surface area contributed by atoms with E-state index in [1.165, 1.54) is 88.4 Å². The molecule has 1 aromatic carbocycles. The van der Waals surface area contributed by atoms with Crippen molar-refractivity contribution in [3.8, 4) is 0 Å². The van der Waals surface area contributed by atoms with Crippen molar-refractivity contribution in [2.45, 2.75) is 103 Å². The molecule has 1 nitrogen and oxygen atoms in total. The second-order valence-corrected chi connectivity index (χ2v) is 9.38. The maximum absolute atomic E-state index is 12.8. The molecule has 0 heterocycles. The van der Waals surface area contributed by atoms with E-state index in [0.717, 1.165) is 18.8 Å². The largest absolute Gasteiger partial charge is 0.378 e. The van der Waals surface area contributed by atoms with E-state index in [9.17, 15) is 4.39 Å². The highest BCUT2D eigenvalue weighted by molar-refractivity contribution is 7.99. The molecular weight excluding hydrogens is 367 g/mol. The maximum Gasteiger partial charge on any atom is 0.123 e. The fourth-order valence-corrected chi connectivity index (χ4v) is 4.22.